The van der Waals surface area contributed by atoms with Crippen LogP contribution < -0.4 is 16.4 Å². The van der Waals surface area contributed by atoms with Gasteiger partial charge in [0.05, 0.1) is 0 Å². The SMILES string of the molecule is NC(=O)c1ccc(NC(=O)c2csc(NC(=O)c3ccccc3)n2)cc1. The lowest BCUT2D eigenvalue weighted by molar-refractivity contribution is 0.0997. The van der Waals surface area contributed by atoms with Gasteiger partial charge in [0.2, 0.25) is 5.91 Å². The zero-order valence-electron chi connectivity index (χ0n) is 13.4. The van der Waals surface area contributed by atoms with Crippen molar-refractivity contribution < 1.29 is 14.4 Å². The smallest absolute Gasteiger partial charge is 0.275 e. The Labute approximate surface area is 152 Å². The van der Waals surface area contributed by atoms with E-state index in [2.05, 4.69) is 15.6 Å². The first kappa shape index (κ1) is 17.3. The molecule has 0 aliphatic heterocycles. The Bertz CT molecular complexity index is 952. The largest absolute Gasteiger partial charge is 0.366 e. The Kier molecular flexibility index (Phi) is 5.04. The lowest BCUT2D eigenvalue weighted by atomic mass is 10.2. The van der Waals surface area contributed by atoms with E-state index in [1.807, 2.05) is 6.07 Å². The summed E-state index contributed by atoms with van der Waals surface area (Å²) in [5.74, 6) is -1.26. The summed E-state index contributed by atoms with van der Waals surface area (Å²) in [6.45, 7) is 0. The molecule has 2 aromatic carbocycles. The molecule has 0 atom stereocenters. The van der Waals surface area contributed by atoms with Crippen LogP contribution in [0.15, 0.2) is 60.0 Å². The van der Waals surface area contributed by atoms with E-state index in [0.29, 0.717) is 21.9 Å². The lowest BCUT2D eigenvalue weighted by Gasteiger charge is -2.04. The number of carbonyl (C=O) groups is 3. The van der Waals surface area contributed by atoms with Gasteiger partial charge in [-0.15, -0.1) is 11.3 Å². The summed E-state index contributed by atoms with van der Waals surface area (Å²) < 4.78 is 0. The van der Waals surface area contributed by atoms with E-state index in [9.17, 15) is 14.4 Å². The van der Waals surface area contributed by atoms with Crippen LogP contribution in [0.4, 0.5) is 10.8 Å². The molecular formula is C18H14N4O3S. The number of anilines is 2. The number of hydrogen-bond acceptors (Lipinski definition) is 5. The Morgan fingerprint density at radius 2 is 1.54 bits per heavy atom. The van der Waals surface area contributed by atoms with Gasteiger partial charge >= 0.3 is 0 Å². The average Bonchev–Trinajstić information content (AvgIpc) is 3.11. The van der Waals surface area contributed by atoms with Crippen molar-refractivity contribution >= 4 is 39.9 Å². The number of hydrogen-bond donors (Lipinski definition) is 3. The monoisotopic (exact) mass is 366 g/mol. The molecule has 7 nitrogen and oxygen atoms in total. The number of nitrogens with one attached hydrogen (secondary N) is 2. The lowest BCUT2D eigenvalue weighted by Crippen LogP contribution is -2.15. The second-order valence-electron chi connectivity index (χ2n) is 5.25. The number of nitrogens with two attached hydrogens (primary N) is 1. The summed E-state index contributed by atoms with van der Waals surface area (Å²) in [5, 5.41) is 7.19. The number of nitrogens with zero attached hydrogens (tertiary/aromatic N) is 1. The third-order valence-corrected chi connectivity index (χ3v) is 4.18. The molecule has 4 N–H and O–H groups in total. The van der Waals surface area contributed by atoms with Gasteiger partial charge in [0.15, 0.2) is 5.13 Å². The van der Waals surface area contributed by atoms with Crippen molar-refractivity contribution in [3.05, 3.63) is 76.8 Å². The molecule has 1 aromatic heterocycles. The van der Waals surface area contributed by atoms with E-state index >= 15 is 0 Å². The molecule has 26 heavy (non-hydrogen) atoms. The maximum atomic E-state index is 12.2. The van der Waals surface area contributed by atoms with Gasteiger partial charge in [-0.2, -0.15) is 0 Å². The maximum Gasteiger partial charge on any atom is 0.275 e. The highest BCUT2D eigenvalue weighted by atomic mass is 32.1. The molecule has 0 fully saturated rings. The number of carbonyl (C=O) groups excluding carboxylic acids is 3. The van der Waals surface area contributed by atoms with Crippen LogP contribution in [0.5, 0.6) is 0 Å². The third-order valence-electron chi connectivity index (χ3n) is 3.42. The topological polar surface area (TPSA) is 114 Å². The summed E-state index contributed by atoms with van der Waals surface area (Å²) in [5.41, 5.74) is 6.70. The van der Waals surface area contributed by atoms with Crippen LogP contribution in [0, 0.1) is 0 Å². The van der Waals surface area contributed by atoms with E-state index in [1.165, 1.54) is 12.1 Å². The van der Waals surface area contributed by atoms with E-state index in [-0.39, 0.29) is 11.6 Å². The zero-order valence-corrected chi connectivity index (χ0v) is 14.2. The molecule has 0 saturated carbocycles. The van der Waals surface area contributed by atoms with Crippen LogP contribution in [0.25, 0.3) is 0 Å². The first-order valence-electron chi connectivity index (χ1n) is 7.56. The minimum Gasteiger partial charge on any atom is -0.366 e. The van der Waals surface area contributed by atoms with Gasteiger partial charge in [-0.05, 0) is 36.4 Å². The molecule has 3 aromatic rings. The predicted octanol–water partition coefficient (Wildman–Crippen LogP) is 2.75. The van der Waals surface area contributed by atoms with Gasteiger partial charge < -0.3 is 11.1 Å². The molecule has 0 saturated heterocycles. The number of aromatic nitrogens is 1. The second kappa shape index (κ2) is 7.58. The molecule has 8 heteroatoms. The van der Waals surface area contributed by atoms with Gasteiger partial charge in [-0.25, -0.2) is 4.98 Å². The fourth-order valence-corrected chi connectivity index (χ4v) is 2.79. The van der Waals surface area contributed by atoms with Gasteiger partial charge in [0.1, 0.15) is 5.69 Å². The van der Waals surface area contributed by atoms with Crippen molar-refractivity contribution in [2.24, 2.45) is 5.73 Å². The minimum atomic E-state index is -0.541. The van der Waals surface area contributed by atoms with E-state index in [1.54, 1.807) is 41.8 Å². The number of amides is 3. The molecule has 0 aliphatic carbocycles. The molecule has 0 spiro atoms. The number of thiazole rings is 1. The first-order valence-corrected chi connectivity index (χ1v) is 8.44. The van der Waals surface area contributed by atoms with Crippen molar-refractivity contribution in [3.63, 3.8) is 0 Å². The van der Waals surface area contributed by atoms with Crippen molar-refractivity contribution in [3.8, 4) is 0 Å². The molecule has 1 heterocycles. The van der Waals surface area contributed by atoms with Crippen molar-refractivity contribution in [2.75, 3.05) is 10.6 Å². The molecule has 0 unspecified atom stereocenters. The van der Waals surface area contributed by atoms with Gasteiger partial charge in [-0.1, -0.05) is 18.2 Å². The van der Waals surface area contributed by atoms with Crippen molar-refractivity contribution in [2.45, 2.75) is 0 Å². The van der Waals surface area contributed by atoms with Gasteiger partial charge in [0.25, 0.3) is 11.8 Å². The predicted molar refractivity (Wildman–Crippen MR) is 99.4 cm³/mol. The van der Waals surface area contributed by atoms with Crippen LogP contribution in [0.1, 0.15) is 31.2 Å². The Hall–Kier alpha value is -3.52. The maximum absolute atomic E-state index is 12.2. The van der Waals surface area contributed by atoms with E-state index in [4.69, 9.17) is 5.73 Å². The van der Waals surface area contributed by atoms with Crippen molar-refractivity contribution in [1.29, 1.82) is 0 Å². The molecule has 130 valence electrons. The van der Waals surface area contributed by atoms with E-state index < -0.39 is 11.8 Å². The van der Waals surface area contributed by atoms with Gasteiger partial charge in [0, 0.05) is 22.2 Å². The zero-order chi connectivity index (χ0) is 18.5. The van der Waals surface area contributed by atoms with E-state index in [0.717, 1.165) is 11.3 Å². The van der Waals surface area contributed by atoms with Gasteiger partial charge in [-0.3, -0.25) is 19.7 Å². The van der Waals surface area contributed by atoms with Crippen LogP contribution in [0.3, 0.4) is 0 Å². The summed E-state index contributed by atoms with van der Waals surface area (Å²) in [6, 6.07) is 14.9. The molecule has 0 radical (unpaired) electrons. The molecule has 0 aliphatic rings. The quantitative estimate of drug-likeness (QED) is 0.644. The Morgan fingerprint density at radius 3 is 2.19 bits per heavy atom. The van der Waals surface area contributed by atoms with Crippen LogP contribution >= 0.6 is 11.3 Å². The summed E-state index contributed by atoms with van der Waals surface area (Å²) in [4.78, 5) is 39.5. The van der Waals surface area contributed by atoms with Crippen LogP contribution in [0.2, 0.25) is 0 Å². The highest BCUT2D eigenvalue weighted by Gasteiger charge is 2.13. The molecule has 0 bridgehead atoms. The molecule has 3 rings (SSSR count). The summed E-state index contributed by atoms with van der Waals surface area (Å²) in [7, 11) is 0. The third kappa shape index (κ3) is 4.11. The standard InChI is InChI=1S/C18H14N4O3S/c19-15(23)11-6-8-13(9-7-11)20-17(25)14-10-26-18(21-14)22-16(24)12-4-2-1-3-5-12/h1-10H,(H2,19,23)(H,20,25)(H,21,22,24). The average molecular weight is 366 g/mol. The highest BCUT2D eigenvalue weighted by Crippen LogP contribution is 2.18. The Morgan fingerprint density at radius 1 is 0.846 bits per heavy atom. The fraction of sp³-hybridized carbons (Fsp3) is 0. The van der Waals surface area contributed by atoms with Crippen LogP contribution in [-0.4, -0.2) is 22.7 Å². The summed E-state index contributed by atoms with van der Waals surface area (Å²) >= 11 is 1.15. The normalized spacial score (nSPS) is 10.2. The molecule has 3 amide bonds. The van der Waals surface area contributed by atoms with Crippen molar-refractivity contribution in [1.82, 2.24) is 4.98 Å². The fourth-order valence-electron chi connectivity index (χ4n) is 2.11. The van der Waals surface area contributed by atoms with Crippen LogP contribution in [-0.2, 0) is 0 Å². The Balaban J connectivity index is 1.64. The minimum absolute atomic E-state index is 0.178. The summed E-state index contributed by atoms with van der Waals surface area (Å²) in [6.07, 6.45) is 0. The number of rotatable bonds is 5. The highest BCUT2D eigenvalue weighted by molar-refractivity contribution is 7.14. The molecular weight excluding hydrogens is 352 g/mol. The second-order valence-corrected chi connectivity index (χ2v) is 6.11. The first-order chi connectivity index (χ1) is 12.5. The number of benzene rings is 2. The number of primary amides is 1.